The quantitative estimate of drug-likeness (QED) is 0.356. The van der Waals surface area contributed by atoms with E-state index < -0.39 is 0 Å². The number of rotatable bonds is 11. The highest BCUT2D eigenvalue weighted by Crippen LogP contribution is 2.43. The normalized spacial score (nSPS) is 21.1. The molecular weight excluding hydrogens is 328 g/mol. The first kappa shape index (κ1) is 22.1. The van der Waals surface area contributed by atoms with Crippen molar-refractivity contribution in [1.29, 1.82) is 0 Å². The lowest BCUT2D eigenvalue weighted by Gasteiger charge is -2.38. The Morgan fingerprint density at radius 1 is 1.33 bits per heavy atom. The maximum atomic E-state index is 5.16. The van der Waals surface area contributed by atoms with Crippen LogP contribution in [-0.2, 0) is 6.42 Å². The van der Waals surface area contributed by atoms with Crippen molar-refractivity contribution < 1.29 is 4.42 Å². The van der Waals surface area contributed by atoms with Gasteiger partial charge in [0.25, 0.3) is 0 Å². The van der Waals surface area contributed by atoms with Crippen molar-refractivity contribution in [3.8, 4) is 0 Å². The Hall–Kier alpha value is -1.24. The van der Waals surface area contributed by atoms with Gasteiger partial charge in [0.05, 0.1) is 12.5 Å². The summed E-state index contributed by atoms with van der Waals surface area (Å²) in [6, 6.07) is 2.09. The van der Waals surface area contributed by atoms with Crippen LogP contribution in [0.2, 0.25) is 0 Å². The minimum Gasteiger partial charge on any atom is -0.472 e. The zero-order valence-electron chi connectivity index (χ0n) is 18.5. The molecule has 152 valence electrons. The highest BCUT2D eigenvalue weighted by molar-refractivity contribution is 5.13. The molecule has 1 heteroatoms. The van der Waals surface area contributed by atoms with Gasteiger partial charge in [0.1, 0.15) is 0 Å². The molecule has 2 rings (SSSR count). The van der Waals surface area contributed by atoms with Gasteiger partial charge in [-0.15, -0.1) is 0 Å². The lowest BCUT2D eigenvalue weighted by atomic mass is 9.67. The summed E-state index contributed by atoms with van der Waals surface area (Å²) in [7, 11) is 0. The summed E-state index contributed by atoms with van der Waals surface area (Å²) >= 11 is 0. The topological polar surface area (TPSA) is 13.1 Å². The van der Waals surface area contributed by atoms with E-state index in [1.807, 2.05) is 6.26 Å². The third-order valence-electron chi connectivity index (χ3n) is 6.88. The fraction of sp³-hybridized carbons (Fsp3) is 0.692. The molecule has 0 aromatic carbocycles. The Morgan fingerprint density at radius 2 is 2.15 bits per heavy atom. The fourth-order valence-electron chi connectivity index (χ4n) is 4.84. The summed E-state index contributed by atoms with van der Waals surface area (Å²) in [4.78, 5) is 0. The van der Waals surface area contributed by atoms with Crippen molar-refractivity contribution >= 4 is 0 Å². The first-order valence-electron chi connectivity index (χ1n) is 11.3. The smallest absolute Gasteiger partial charge is 0.0934 e. The van der Waals surface area contributed by atoms with Crippen LogP contribution >= 0.6 is 0 Å². The second-order valence-electron chi connectivity index (χ2n) is 9.49. The monoisotopic (exact) mass is 370 g/mol. The Morgan fingerprint density at radius 3 is 2.81 bits per heavy atom. The third kappa shape index (κ3) is 7.35. The predicted molar refractivity (Wildman–Crippen MR) is 118 cm³/mol. The molecule has 0 spiro atoms. The van der Waals surface area contributed by atoms with Crippen molar-refractivity contribution in [2.45, 2.75) is 98.8 Å². The molecule has 1 aliphatic rings. The molecule has 0 saturated carbocycles. The van der Waals surface area contributed by atoms with Gasteiger partial charge in [0.15, 0.2) is 0 Å². The second-order valence-corrected chi connectivity index (χ2v) is 9.49. The van der Waals surface area contributed by atoms with E-state index in [4.69, 9.17) is 4.42 Å². The van der Waals surface area contributed by atoms with Crippen molar-refractivity contribution in [3.63, 3.8) is 0 Å². The second kappa shape index (κ2) is 10.9. The fourth-order valence-corrected chi connectivity index (χ4v) is 4.84. The first-order chi connectivity index (χ1) is 12.9. The zero-order chi connectivity index (χ0) is 19.7. The molecule has 1 heterocycles. The molecule has 1 aromatic heterocycles. The number of allylic oxidation sites excluding steroid dienone is 4. The molecule has 1 nitrogen and oxygen atoms in total. The molecule has 0 saturated heterocycles. The molecule has 1 aliphatic carbocycles. The van der Waals surface area contributed by atoms with Crippen LogP contribution in [-0.4, -0.2) is 0 Å². The first-order valence-corrected chi connectivity index (χ1v) is 11.3. The van der Waals surface area contributed by atoms with Gasteiger partial charge in [0, 0.05) is 0 Å². The highest BCUT2D eigenvalue weighted by Gasteiger charge is 2.32. The van der Waals surface area contributed by atoms with Gasteiger partial charge in [-0.05, 0) is 94.1 Å². The summed E-state index contributed by atoms with van der Waals surface area (Å²) in [5, 5.41) is 0. The molecule has 2 atom stereocenters. The van der Waals surface area contributed by atoms with E-state index in [1.165, 1.54) is 63.4 Å². The van der Waals surface area contributed by atoms with Crippen molar-refractivity contribution in [3.05, 3.63) is 47.5 Å². The van der Waals surface area contributed by atoms with Crippen molar-refractivity contribution in [2.24, 2.45) is 17.3 Å². The molecule has 27 heavy (non-hydrogen) atoms. The summed E-state index contributed by atoms with van der Waals surface area (Å²) in [5.74, 6) is 1.63. The van der Waals surface area contributed by atoms with Crippen molar-refractivity contribution in [2.75, 3.05) is 0 Å². The van der Waals surface area contributed by atoms with Crippen LogP contribution in [0.15, 0.2) is 46.3 Å². The summed E-state index contributed by atoms with van der Waals surface area (Å²) in [6.07, 6.45) is 21.5. The molecule has 0 bridgehead atoms. The van der Waals surface area contributed by atoms with E-state index in [-0.39, 0.29) is 0 Å². The summed E-state index contributed by atoms with van der Waals surface area (Å²) in [5.41, 5.74) is 5.04. The van der Waals surface area contributed by atoms with Crippen LogP contribution in [0.5, 0.6) is 0 Å². The van der Waals surface area contributed by atoms with Gasteiger partial charge in [-0.1, -0.05) is 56.9 Å². The van der Waals surface area contributed by atoms with Crippen LogP contribution < -0.4 is 0 Å². The minimum atomic E-state index is 0.474. The van der Waals surface area contributed by atoms with E-state index >= 15 is 0 Å². The third-order valence-corrected chi connectivity index (χ3v) is 6.88. The van der Waals surface area contributed by atoms with E-state index in [0.29, 0.717) is 5.41 Å². The highest BCUT2D eigenvalue weighted by atomic mass is 16.3. The summed E-state index contributed by atoms with van der Waals surface area (Å²) in [6.45, 7) is 12.0. The van der Waals surface area contributed by atoms with E-state index in [9.17, 15) is 0 Å². The molecule has 0 fully saturated rings. The Kier molecular flexibility index (Phi) is 8.93. The molecule has 2 unspecified atom stereocenters. The summed E-state index contributed by atoms with van der Waals surface area (Å²) < 4.78 is 5.16. The maximum absolute atomic E-state index is 5.16. The van der Waals surface area contributed by atoms with Gasteiger partial charge in [-0.2, -0.15) is 0 Å². The number of hydrogen-bond acceptors (Lipinski definition) is 1. The van der Waals surface area contributed by atoms with Gasteiger partial charge in [-0.25, -0.2) is 0 Å². The lowest BCUT2D eigenvalue weighted by molar-refractivity contribution is 0.204. The number of furan rings is 1. The maximum Gasteiger partial charge on any atom is 0.0934 e. The molecule has 0 amide bonds. The lowest BCUT2D eigenvalue weighted by Crippen LogP contribution is -2.27. The van der Waals surface area contributed by atoms with Gasteiger partial charge in [0.2, 0.25) is 0 Å². The van der Waals surface area contributed by atoms with Gasteiger partial charge in [-0.3, -0.25) is 0 Å². The molecule has 1 aromatic rings. The van der Waals surface area contributed by atoms with E-state index in [0.717, 1.165) is 18.3 Å². The Balaban J connectivity index is 1.69. The predicted octanol–water partition coefficient (Wildman–Crippen LogP) is 8.52. The number of hydrogen-bond donors (Lipinski definition) is 0. The van der Waals surface area contributed by atoms with E-state index in [2.05, 4.69) is 52.8 Å². The molecular formula is C26H42O. The molecule has 0 N–H and O–H groups in total. The minimum absolute atomic E-state index is 0.474. The van der Waals surface area contributed by atoms with Crippen LogP contribution in [0.1, 0.15) is 98.0 Å². The van der Waals surface area contributed by atoms with Gasteiger partial charge >= 0.3 is 0 Å². The van der Waals surface area contributed by atoms with Crippen LogP contribution in [0.25, 0.3) is 0 Å². The SMILES string of the molecule is CCC(CC/C=C(\C)CCC1C(C)=CCCC1(C)C)CCCc1ccoc1. The average molecular weight is 371 g/mol. The number of aryl methyl sites for hydroxylation is 1. The van der Waals surface area contributed by atoms with Crippen molar-refractivity contribution in [1.82, 2.24) is 0 Å². The zero-order valence-corrected chi connectivity index (χ0v) is 18.5. The van der Waals surface area contributed by atoms with Crippen LogP contribution in [0.4, 0.5) is 0 Å². The van der Waals surface area contributed by atoms with Crippen LogP contribution in [0.3, 0.4) is 0 Å². The molecule has 0 aliphatic heterocycles. The Labute approximate surface area is 168 Å². The van der Waals surface area contributed by atoms with Gasteiger partial charge < -0.3 is 4.42 Å². The molecule has 0 radical (unpaired) electrons. The standard InChI is InChI=1S/C26H42O/c1-6-23(13-8-14-24-17-19-27-20-24)12-7-10-21(2)15-16-25-22(3)11-9-18-26(25,4)5/h10-11,17,19-20,23,25H,6-9,12-16,18H2,1-5H3/b21-10+. The Bertz CT molecular complexity index is 588. The largest absolute Gasteiger partial charge is 0.472 e. The van der Waals surface area contributed by atoms with Crippen LogP contribution in [0, 0.1) is 17.3 Å². The van der Waals surface area contributed by atoms with E-state index in [1.54, 1.807) is 17.4 Å². The average Bonchev–Trinajstić information content (AvgIpc) is 3.13.